The Morgan fingerprint density at radius 3 is 2.27 bits per heavy atom. The molecule has 0 unspecified atom stereocenters. The smallest absolute Gasteiger partial charge is 0.264 e. The molecule has 8 heteroatoms. The number of benzene rings is 3. The number of hydrogen-bond donors (Lipinski definition) is 1. The topological polar surface area (TPSA) is 78.8 Å². The van der Waals surface area contributed by atoms with Crippen LogP contribution in [-0.2, 0) is 14.8 Å². The van der Waals surface area contributed by atoms with E-state index in [1.165, 1.54) is 12.1 Å². The molecule has 0 aliphatic rings. The molecule has 0 saturated carbocycles. The normalized spacial score (nSPS) is 12.0. The van der Waals surface area contributed by atoms with Crippen LogP contribution in [0.25, 0.3) is 0 Å². The Kier molecular flexibility index (Phi) is 8.25. The Bertz CT molecular complexity index is 1240. The van der Waals surface area contributed by atoms with Crippen molar-refractivity contribution in [2.24, 2.45) is 5.10 Å². The van der Waals surface area contributed by atoms with Crippen molar-refractivity contribution in [1.29, 1.82) is 0 Å². The molecule has 172 valence electrons. The molecule has 0 spiro atoms. The van der Waals surface area contributed by atoms with Crippen LogP contribution in [0.1, 0.15) is 37.8 Å². The highest BCUT2D eigenvalue weighted by molar-refractivity contribution is 14.1. The van der Waals surface area contributed by atoms with Gasteiger partial charge in [0.2, 0.25) is 0 Å². The summed E-state index contributed by atoms with van der Waals surface area (Å²) in [6.07, 6.45) is 0. The van der Waals surface area contributed by atoms with Gasteiger partial charge in [0.25, 0.3) is 15.9 Å². The maximum atomic E-state index is 13.4. The van der Waals surface area contributed by atoms with Gasteiger partial charge >= 0.3 is 0 Å². The zero-order valence-corrected chi connectivity index (χ0v) is 21.7. The summed E-state index contributed by atoms with van der Waals surface area (Å²) in [7, 11) is -3.96. The summed E-state index contributed by atoms with van der Waals surface area (Å²) < 4.78 is 28.9. The number of carbonyl (C=O) groups excluding carboxylic acids is 1. The van der Waals surface area contributed by atoms with E-state index < -0.39 is 22.5 Å². The van der Waals surface area contributed by atoms with Crippen molar-refractivity contribution in [3.63, 3.8) is 0 Å². The second kappa shape index (κ2) is 10.9. The largest absolute Gasteiger partial charge is 0.271 e. The summed E-state index contributed by atoms with van der Waals surface area (Å²) in [5, 5.41) is 4.17. The third-order valence-corrected chi connectivity index (χ3v) is 7.52. The van der Waals surface area contributed by atoms with Gasteiger partial charge in [0.15, 0.2) is 0 Å². The van der Waals surface area contributed by atoms with E-state index in [0.717, 1.165) is 19.0 Å². The van der Waals surface area contributed by atoms with Crippen LogP contribution in [0.15, 0.2) is 88.9 Å². The van der Waals surface area contributed by atoms with Crippen LogP contribution in [0.2, 0.25) is 0 Å². The van der Waals surface area contributed by atoms with Crippen molar-refractivity contribution in [2.45, 2.75) is 31.6 Å². The van der Waals surface area contributed by atoms with E-state index in [1.54, 1.807) is 37.3 Å². The molecule has 3 aromatic rings. The van der Waals surface area contributed by atoms with Gasteiger partial charge in [-0.15, -0.1) is 0 Å². The molecule has 6 nitrogen and oxygen atoms in total. The van der Waals surface area contributed by atoms with E-state index in [0.29, 0.717) is 17.3 Å². The number of nitrogens with one attached hydrogen (secondary N) is 1. The first kappa shape index (κ1) is 24.9. The molecule has 0 radical (unpaired) electrons. The Labute approximate surface area is 208 Å². The van der Waals surface area contributed by atoms with Crippen molar-refractivity contribution in [3.05, 3.63) is 93.6 Å². The van der Waals surface area contributed by atoms with Gasteiger partial charge in [0.05, 0.1) is 16.3 Å². The molecule has 0 aliphatic carbocycles. The van der Waals surface area contributed by atoms with Crippen LogP contribution in [0.3, 0.4) is 0 Å². The number of carbonyl (C=O) groups is 1. The first-order chi connectivity index (χ1) is 15.7. The molecule has 0 aliphatic heterocycles. The summed E-state index contributed by atoms with van der Waals surface area (Å²) in [5.41, 5.74) is 5.49. The number of amides is 1. The minimum absolute atomic E-state index is 0.115. The summed E-state index contributed by atoms with van der Waals surface area (Å²) in [5.74, 6) is -0.229. The third kappa shape index (κ3) is 6.42. The maximum absolute atomic E-state index is 13.4. The molecular weight excluding hydrogens is 549 g/mol. The molecule has 33 heavy (non-hydrogen) atoms. The van der Waals surface area contributed by atoms with Crippen LogP contribution in [0.4, 0.5) is 5.69 Å². The van der Waals surface area contributed by atoms with Gasteiger partial charge in [-0.3, -0.25) is 9.10 Å². The standard InChI is InChI=1S/C25H26IN3O3S/c1-18(2)20-12-14-23(15-13-20)29(33(31,32)24-10-5-4-6-11-24)17-25(30)28-27-19(3)21-8-7-9-22(26)16-21/h4-16,18H,17H2,1-3H3,(H,28,30)/b27-19-. The third-order valence-electron chi connectivity index (χ3n) is 5.06. The SMILES string of the molecule is C/C(=N/NC(=O)CN(c1ccc(C(C)C)cc1)S(=O)(=O)c1ccccc1)c1cccc(I)c1. The lowest BCUT2D eigenvalue weighted by molar-refractivity contribution is -0.119. The van der Waals surface area contributed by atoms with E-state index in [2.05, 4.69) is 47.0 Å². The minimum Gasteiger partial charge on any atom is -0.271 e. The van der Waals surface area contributed by atoms with Gasteiger partial charge in [-0.2, -0.15) is 5.10 Å². The molecule has 1 amide bonds. The number of nitrogens with zero attached hydrogens (tertiary/aromatic N) is 2. The second-order valence-corrected chi connectivity index (χ2v) is 10.9. The van der Waals surface area contributed by atoms with E-state index in [-0.39, 0.29) is 4.90 Å². The Hall–Kier alpha value is -2.72. The van der Waals surface area contributed by atoms with Crippen LogP contribution >= 0.6 is 22.6 Å². The zero-order valence-electron chi connectivity index (χ0n) is 18.7. The number of halogens is 1. The molecule has 0 aromatic heterocycles. The summed E-state index contributed by atoms with van der Waals surface area (Å²) in [6.45, 7) is 5.51. The molecule has 3 aromatic carbocycles. The quantitative estimate of drug-likeness (QED) is 0.229. The van der Waals surface area contributed by atoms with Crippen LogP contribution in [0, 0.1) is 3.57 Å². The average Bonchev–Trinajstić information content (AvgIpc) is 2.81. The Morgan fingerprint density at radius 2 is 1.67 bits per heavy atom. The van der Waals surface area contributed by atoms with Gasteiger partial charge < -0.3 is 0 Å². The highest BCUT2D eigenvalue weighted by Crippen LogP contribution is 2.25. The Balaban J connectivity index is 1.88. The minimum atomic E-state index is -3.96. The first-order valence-electron chi connectivity index (χ1n) is 10.5. The predicted molar refractivity (Wildman–Crippen MR) is 141 cm³/mol. The lowest BCUT2D eigenvalue weighted by Gasteiger charge is -2.24. The summed E-state index contributed by atoms with van der Waals surface area (Å²) in [4.78, 5) is 12.9. The van der Waals surface area contributed by atoms with Crippen molar-refractivity contribution in [3.8, 4) is 0 Å². The van der Waals surface area contributed by atoms with Gasteiger partial charge in [-0.1, -0.05) is 56.3 Å². The number of rotatable bonds is 8. The van der Waals surface area contributed by atoms with Crippen molar-refractivity contribution in [2.75, 3.05) is 10.8 Å². The predicted octanol–water partition coefficient (Wildman–Crippen LogP) is 5.15. The fourth-order valence-electron chi connectivity index (χ4n) is 3.15. The molecule has 0 atom stereocenters. The molecule has 0 heterocycles. The van der Waals surface area contributed by atoms with Crippen LogP contribution in [-0.4, -0.2) is 26.6 Å². The van der Waals surface area contributed by atoms with Gasteiger partial charge in [-0.05, 0) is 83.0 Å². The number of hydrazone groups is 1. The van der Waals surface area contributed by atoms with Crippen molar-refractivity contribution >= 4 is 49.9 Å². The first-order valence-corrected chi connectivity index (χ1v) is 13.0. The Morgan fingerprint density at radius 1 is 1.00 bits per heavy atom. The number of anilines is 1. The molecule has 1 N–H and O–H groups in total. The zero-order chi connectivity index (χ0) is 24.0. The second-order valence-electron chi connectivity index (χ2n) is 7.81. The highest BCUT2D eigenvalue weighted by atomic mass is 127. The van der Waals surface area contributed by atoms with Crippen molar-refractivity contribution in [1.82, 2.24) is 5.43 Å². The van der Waals surface area contributed by atoms with Crippen molar-refractivity contribution < 1.29 is 13.2 Å². The van der Waals surface area contributed by atoms with Crippen LogP contribution < -0.4 is 9.73 Å². The summed E-state index contributed by atoms with van der Waals surface area (Å²) in [6, 6.07) is 23.0. The number of hydrogen-bond acceptors (Lipinski definition) is 4. The van der Waals surface area contributed by atoms with E-state index in [4.69, 9.17) is 0 Å². The van der Waals surface area contributed by atoms with E-state index in [1.807, 2.05) is 36.4 Å². The molecule has 0 saturated heterocycles. The lowest BCUT2D eigenvalue weighted by atomic mass is 10.0. The van der Waals surface area contributed by atoms with Gasteiger partial charge in [0.1, 0.15) is 6.54 Å². The summed E-state index contributed by atoms with van der Waals surface area (Å²) >= 11 is 2.21. The monoisotopic (exact) mass is 575 g/mol. The maximum Gasteiger partial charge on any atom is 0.264 e. The van der Waals surface area contributed by atoms with E-state index in [9.17, 15) is 13.2 Å². The highest BCUT2D eigenvalue weighted by Gasteiger charge is 2.27. The molecule has 0 bridgehead atoms. The average molecular weight is 575 g/mol. The fourth-order valence-corrected chi connectivity index (χ4v) is 5.14. The number of sulfonamides is 1. The lowest BCUT2D eigenvalue weighted by Crippen LogP contribution is -2.39. The molecule has 3 rings (SSSR count). The van der Waals surface area contributed by atoms with Gasteiger partial charge in [0, 0.05) is 3.57 Å². The molecular formula is C25H26IN3O3S. The fraction of sp³-hybridized carbons (Fsp3) is 0.200. The van der Waals surface area contributed by atoms with Gasteiger partial charge in [-0.25, -0.2) is 13.8 Å². The van der Waals surface area contributed by atoms with Crippen LogP contribution in [0.5, 0.6) is 0 Å². The van der Waals surface area contributed by atoms with E-state index >= 15 is 0 Å². The molecule has 0 fully saturated rings.